The van der Waals surface area contributed by atoms with E-state index in [0.717, 1.165) is 0 Å². The maximum Gasteiger partial charge on any atom is 0.410 e. The summed E-state index contributed by atoms with van der Waals surface area (Å²) in [6, 6.07) is 4.88. The minimum absolute atomic E-state index is 0.333. The van der Waals surface area contributed by atoms with Crippen molar-refractivity contribution in [1.82, 2.24) is 15.0 Å². The van der Waals surface area contributed by atoms with Crippen LogP contribution < -0.4 is 4.90 Å². The van der Waals surface area contributed by atoms with Gasteiger partial charge < -0.3 is 19.1 Å². The van der Waals surface area contributed by atoms with Crippen LogP contribution in [0, 0.1) is 12.7 Å². The van der Waals surface area contributed by atoms with Crippen LogP contribution in [0.4, 0.5) is 14.9 Å². The lowest BCUT2D eigenvalue weighted by molar-refractivity contribution is 0.0240. The first-order valence-electron chi connectivity index (χ1n) is 8.56. The van der Waals surface area contributed by atoms with Gasteiger partial charge in [0.05, 0.1) is 5.69 Å². The fraction of sp³-hybridized carbons (Fsp3) is 0.500. The van der Waals surface area contributed by atoms with Crippen molar-refractivity contribution in [3.05, 3.63) is 29.9 Å². The molecule has 0 saturated carbocycles. The van der Waals surface area contributed by atoms with E-state index in [2.05, 4.69) is 10.1 Å². The molecule has 2 aromatic rings. The number of anilines is 1. The molecule has 0 spiro atoms. The SMILES string of the molecule is Cc1nc(-c2ccc(N3CCN(C(=O)OC(C)(C)C)CC3)c(F)c2)no1. The summed E-state index contributed by atoms with van der Waals surface area (Å²) in [4.78, 5) is 19.8. The van der Waals surface area contributed by atoms with Crippen molar-refractivity contribution in [2.75, 3.05) is 31.1 Å². The smallest absolute Gasteiger partial charge is 0.410 e. The molecule has 26 heavy (non-hydrogen) atoms. The summed E-state index contributed by atoms with van der Waals surface area (Å²) >= 11 is 0. The van der Waals surface area contributed by atoms with Gasteiger partial charge in [0.1, 0.15) is 11.4 Å². The van der Waals surface area contributed by atoms with Gasteiger partial charge in [-0.2, -0.15) is 4.98 Å². The van der Waals surface area contributed by atoms with Gasteiger partial charge in [0.2, 0.25) is 11.7 Å². The Morgan fingerprint density at radius 1 is 1.23 bits per heavy atom. The van der Waals surface area contributed by atoms with Crippen molar-refractivity contribution in [3.63, 3.8) is 0 Å². The van der Waals surface area contributed by atoms with Crippen molar-refractivity contribution in [2.45, 2.75) is 33.3 Å². The minimum Gasteiger partial charge on any atom is -0.444 e. The third kappa shape index (κ3) is 4.12. The van der Waals surface area contributed by atoms with Crippen molar-refractivity contribution in [2.24, 2.45) is 0 Å². The average molecular weight is 362 g/mol. The van der Waals surface area contributed by atoms with Crippen LogP contribution in [0.3, 0.4) is 0 Å². The molecule has 7 nitrogen and oxygen atoms in total. The summed E-state index contributed by atoms with van der Waals surface area (Å²) in [6.07, 6.45) is -0.333. The van der Waals surface area contributed by atoms with Gasteiger partial charge in [-0.1, -0.05) is 5.16 Å². The molecule has 0 atom stereocenters. The highest BCUT2D eigenvalue weighted by Gasteiger charge is 2.27. The van der Waals surface area contributed by atoms with Crippen LogP contribution in [0.2, 0.25) is 0 Å². The molecular formula is C18H23FN4O3. The number of benzene rings is 1. The van der Waals surface area contributed by atoms with Gasteiger partial charge in [0.25, 0.3) is 0 Å². The molecule has 8 heteroatoms. The second-order valence-corrected chi connectivity index (χ2v) is 7.26. The Kier molecular flexibility index (Phi) is 4.84. The zero-order valence-corrected chi connectivity index (χ0v) is 15.5. The van der Waals surface area contributed by atoms with E-state index in [1.54, 1.807) is 24.0 Å². The number of ether oxygens (including phenoxy) is 1. The number of hydrogen-bond donors (Lipinski definition) is 0. The molecule has 1 saturated heterocycles. The van der Waals surface area contributed by atoms with E-state index >= 15 is 0 Å². The van der Waals surface area contributed by atoms with Gasteiger partial charge in [-0.3, -0.25) is 0 Å². The van der Waals surface area contributed by atoms with Crippen LogP contribution in [0.1, 0.15) is 26.7 Å². The number of rotatable bonds is 2. The highest BCUT2D eigenvalue weighted by atomic mass is 19.1. The summed E-state index contributed by atoms with van der Waals surface area (Å²) in [7, 11) is 0. The molecule has 1 aliphatic rings. The van der Waals surface area contributed by atoms with Crippen molar-refractivity contribution in [3.8, 4) is 11.4 Å². The normalized spacial score (nSPS) is 15.3. The first kappa shape index (κ1) is 18.2. The number of halogens is 1. The van der Waals surface area contributed by atoms with Crippen LogP contribution in [-0.4, -0.2) is 52.9 Å². The highest BCUT2D eigenvalue weighted by Crippen LogP contribution is 2.26. The van der Waals surface area contributed by atoms with Crippen LogP contribution in [0.5, 0.6) is 0 Å². The van der Waals surface area contributed by atoms with E-state index in [1.807, 2.05) is 25.7 Å². The van der Waals surface area contributed by atoms with E-state index in [-0.39, 0.29) is 11.9 Å². The molecule has 0 radical (unpaired) electrons. The highest BCUT2D eigenvalue weighted by molar-refractivity contribution is 5.69. The second kappa shape index (κ2) is 6.93. The third-order valence-electron chi connectivity index (χ3n) is 4.01. The molecule has 3 rings (SSSR count). The quantitative estimate of drug-likeness (QED) is 0.817. The maximum atomic E-state index is 14.6. The summed E-state index contributed by atoms with van der Waals surface area (Å²) < 4.78 is 24.9. The van der Waals surface area contributed by atoms with E-state index in [9.17, 15) is 9.18 Å². The Balaban J connectivity index is 1.65. The first-order chi connectivity index (χ1) is 12.2. The number of aryl methyl sites for hydroxylation is 1. The molecule has 1 fully saturated rings. The average Bonchev–Trinajstić information content (AvgIpc) is 3.00. The molecule has 1 aromatic heterocycles. The number of hydrogen-bond acceptors (Lipinski definition) is 6. The lowest BCUT2D eigenvalue weighted by atomic mass is 10.1. The lowest BCUT2D eigenvalue weighted by Crippen LogP contribution is -2.50. The molecule has 0 unspecified atom stereocenters. The third-order valence-corrected chi connectivity index (χ3v) is 4.01. The maximum absolute atomic E-state index is 14.6. The molecule has 1 aromatic carbocycles. The molecule has 1 aliphatic heterocycles. The number of piperazine rings is 1. The fourth-order valence-corrected chi connectivity index (χ4v) is 2.78. The van der Waals surface area contributed by atoms with Crippen molar-refractivity contribution in [1.29, 1.82) is 0 Å². The van der Waals surface area contributed by atoms with Gasteiger partial charge in [-0.05, 0) is 39.0 Å². The minimum atomic E-state index is -0.524. The van der Waals surface area contributed by atoms with Gasteiger partial charge >= 0.3 is 6.09 Å². The molecule has 2 heterocycles. The molecule has 0 aliphatic carbocycles. The summed E-state index contributed by atoms with van der Waals surface area (Å²) in [6.45, 7) is 9.25. The van der Waals surface area contributed by atoms with E-state index in [0.29, 0.717) is 49.1 Å². The van der Waals surface area contributed by atoms with Gasteiger partial charge in [0, 0.05) is 38.7 Å². The summed E-state index contributed by atoms with van der Waals surface area (Å²) in [5, 5.41) is 3.80. The Hall–Kier alpha value is -2.64. The van der Waals surface area contributed by atoms with Crippen molar-refractivity contribution < 1.29 is 18.4 Å². The Bertz CT molecular complexity index is 792. The zero-order valence-electron chi connectivity index (χ0n) is 15.5. The second-order valence-electron chi connectivity index (χ2n) is 7.26. The van der Waals surface area contributed by atoms with Crippen LogP contribution >= 0.6 is 0 Å². The Labute approximate surface area is 151 Å². The number of aromatic nitrogens is 2. The predicted octanol–water partition coefficient (Wildman–Crippen LogP) is 3.24. The molecule has 140 valence electrons. The molecule has 0 bridgehead atoms. The van der Waals surface area contributed by atoms with Crippen LogP contribution in [0.15, 0.2) is 22.7 Å². The fourth-order valence-electron chi connectivity index (χ4n) is 2.78. The van der Waals surface area contributed by atoms with Crippen LogP contribution in [-0.2, 0) is 4.74 Å². The van der Waals surface area contributed by atoms with E-state index in [4.69, 9.17) is 9.26 Å². The number of nitrogens with zero attached hydrogens (tertiary/aromatic N) is 4. The largest absolute Gasteiger partial charge is 0.444 e. The monoisotopic (exact) mass is 362 g/mol. The van der Waals surface area contributed by atoms with Gasteiger partial charge in [0.15, 0.2) is 0 Å². The van der Waals surface area contributed by atoms with Crippen LogP contribution in [0.25, 0.3) is 11.4 Å². The lowest BCUT2D eigenvalue weighted by Gasteiger charge is -2.36. The van der Waals surface area contributed by atoms with Crippen molar-refractivity contribution >= 4 is 11.8 Å². The molecule has 1 amide bonds. The number of carbonyl (C=O) groups is 1. The molecular weight excluding hydrogens is 339 g/mol. The number of carbonyl (C=O) groups excluding carboxylic acids is 1. The Morgan fingerprint density at radius 2 is 1.92 bits per heavy atom. The standard InChI is InChI=1S/C18H23FN4O3/c1-12-20-16(21-26-12)13-5-6-15(14(19)11-13)22-7-9-23(10-8-22)17(24)25-18(2,3)4/h5-6,11H,7-10H2,1-4H3. The number of amides is 1. The van der Waals surface area contributed by atoms with E-state index < -0.39 is 5.60 Å². The zero-order chi connectivity index (χ0) is 18.9. The predicted molar refractivity (Wildman–Crippen MR) is 94.4 cm³/mol. The van der Waals surface area contributed by atoms with Gasteiger partial charge in [-0.25, -0.2) is 9.18 Å². The summed E-state index contributed by atoms with van der Waals surface area (Å²) in [5.74, 6) is 0.445. The van der Waals surface area contributed by atoms with Gasteiger partial charge in [-0.15, -0.1) is 0 Å². The topological polar surface area (TPSA) is 71.7 Å². The first-order valence-corrected chi connectivity index (χ1v) is 8.56. The van der Waals surface area contributed by atoms with E-state index in [1.165, 1.54) is 6.07 Å². The Morgan fingerprint density at radius 3 is 2.46 bits per heavy atom. The summed E-state index contributed by atoms with van der Waals surface area (Å²) in [5.41, 5.74) is 0.539. The molecule has 0 N–H and O–H groups in total.